The van der Waals surface area contributed by atoms with Crippen molar-refractivity contribution in [3.63, 3.8) is 0 Å². The maximum Gasteiger partial charge on any atom is 0.171 e. The van der Waals surface area contributed by atoms with Gasteiger partial charge < -0.3 is 15.0 Å². The van der Waals surface area contributed by atoms with Crippen molar-refractivity contribution < 1.29 is 9.26 Å². The lowest BCUT2D eigenvalue weighted by molar-refractivity contribution is 0.0700. The Morgan fingerprint density at radius 2 is 2.29 bits per heavy atom. The van der Waals surface area contributed by atoms with Gasteiger partial charge in [0, 0.05) is 23.5 Å². The Hall–Kier alpha value is -0.680. The molecule has 96 valence electrons. The molecule has 2 rings (SSSR count). The normalized spacial score (nSPS) is 24.4. The highest BCUT2D eigenvalue weighted by atomic mass is 32.2. The molecule has 1 fully saturated rings. The number of rotatable bonds is 5. The monoisotopic (exact) mass is 256 g/mol. The van der Waals surface area contributed by atoms with Crippen LogP contribution in [-0.4, -0.2) is 23.1 Å². The maximum atomic E-state index is 5.78. The fraction of sp³-hybridized carbons (Fsp3) is 0.750. The quantitative estimate of drug-likeness (QED) is 0.877. The molecule has 0 spiro atoms. The van der Waals surface area contributed by atoms with Gasteiger partial charge in [-0.1, -0.05) is 12.1 Å². The lowest BCUT2D eigenvalue weighted by Crippen LogP contribution is -2.11. The molecule has 0 bridgehead atoms. The summed E-state index contributed by atoms with van der Waals surface area (Å²) in [6.45, 7) is 4.19. The van der Waals surface area contributed by atoms with Crippen molar-refractivity contribution >= 4 is 17.6 Å². The van der Waals surface area contributed by atoms with E-state index in [4.69, 9.17) is 15.0 Å². The molecule has 2 heterocycles. The van der Waals surface area contributed by atoms with E-state index in [1.165, 1.54) is 12.8 Å². The second-order valence-electron chi connectivity index (χ2n) is 4.48. The number of nitrogen functional groups attached to an aromatic ring is 1. The first-order valence-electron chi connectivity index (χ1n) is 6.16. The first-order chi connectivity index (χ1) is 8.20. The molecule has 0 amide bonds. The van der Waals surface area contributed by atoms with Gasteiger partial charge in [-0.2, -0.15) is 11.8 Å². The van der Waals surface area contributed by atoms with Crippen molar-refractivity contribution in [3.8, 4) is 0 Å². The highest BCUT2D eigenvalue weighted by Gasteiger charge is 2.22. The molecular weight excluding hydrogens is 236 g/mol. The minimum Gasteiger partial charge on any atom is -0.381 e. The molecule has 1 aliphatic heterocycles. The molecule has 2 atom stereocenters. The number of nitrogens with two attached hydrogens (primary N) is 1. The summed E-state index contributed by atoms with van der Waals surface area (Å²) in [6.07, 6.45) is 4.03. The van der Waals surface area contributed by atoms with Crippen LogP contribution in [0.2, 0.25) is 0 Å². The number of thioether (sulfide) groups is 1. The highest BCUT2D eigenvalue weighted by molar-refractivity contribution is 7.98. The fourth-order valence-electron chi connectivity index (χ4n) is 2.09. The Morgan fingerprint density at radius 1 is 1.47 bits per heavy atom. The summed E-state index contributed by atoms with van der Waals surface area (Å²) in [5, 5.41) is 3.81. The van der Waals surface area contributed by atoms with E-state index in [2.05, 4.69) is 19.0 Å². The van der Waals surface area contributed by atoms with E-state index >= 15 is 0 Å². The van der Waals surface area contributed by atoms with Gasteiger partial charge in [0.1, 0.15) is 5.76 Å². The van der Waals surface area contributed by atoms with E-state index in [1.54, 1.807) is 0 Å². The topological polar surface area (TPSA) is 61.3 Å². The smallest absolute Gasteiger partial charge is 0.171 e. The van der Waals surface area contributed by atoms with Crippen molar-refractivity contribution in [3.05, 3.63) is 11.3 Å². The third kappa shape index (κ3) is 3.16. The molecule has 1 aromatic rings. The molecular formula is C12H20N2O2S. The van der Waals surface area contributed by atoms with Crippen molar-refractivity contribution in [2.24, 2.45) is 0 Å². The lowest BCUT2D eigenvalue weighted by Gasteiger charge is -2.10. The summed E-state index contributed by atoms with van der Waals surface area (Å²) in [7, 11) is 0. The molecule has 0 radical (unpaired) electrons. The van der Waals surface area contributed by atoms with Gasteiger partial charge in [-0.15, -0.1) is 0 Å². The SMILES string of the molecule is CCc1onc(N)c1CSCC1CCC(C)O1. The zero-order valence-corrected chi connectivity index (χ0v) is 11.3. The second kappa shape index (κ2) is 5.78. The van der Waals surface area contributed by atoms with Crippen molar-refractivity contribution in [1.29, 1.82) is 0 Å². The van der Waals surface area contributed by atoms with Gasteiger partial charge in [-0.05, 0) is 19.8 Å². The van der Waals surface area contributed by atoms with Crippen LogP contribution in [0.3, 0.4) is 0 Å². The number of aromatic nitrogens is 1. The predicted octanol–water partition coefficient (Wildman–Crippen LogP) is 2.62. The van der Waals surface area contributed by atoms with E-state index < -0.39 is 0 Å². The molecule has 2 unspecified atom stereocenters. The average molecular weight is 256 g/mol. The molecule has 1 aliphatic rings. The fourth-order valence-corrected chi connectivity index (χ4v) is 3.23. The molecule has 1 aromatic heterocycles. The Morgan fingerprint density at radius 3 is 2.94 bits per heavy atom. The molecule has 0 saturated carbocycles. The number of ether oxygens (including phenoxy) is 1. The van der Waals surface area contributed by atoms with Gasteiger partial charge in [0.2, 0.25) is 0 Å². The Labute approximate surface area is 106 Å². The maximum absolute atomic E-state index is 5.78. The summed E-state index contributed by atoms with van der Waals surface area (Å²) in [5.74, 6) is 3.34. The summed E-state index contributed by atoms with van der Waals surface area (Å²) in [4.78, 5) is 0. The van der Waals surface area contributed by atoms with Crippen LogP contribution in [0, 0.1) is 0 Å². The van der Waals surface area contributed by atoms with Gasteiger partial charge in [-0.25, -0.2) is 0 Å². The van der Waals surface area contributed by atoms with Crippen LogP contribution in [0.15, 0.2) is 4.52 Å². The first kappa shape index (κ1) is 12.8. The van der Waals surface area contributed by atoms with Gasteiger partial charge in [0.15, 0.2) is 5.82 Å². The Kier molecular flexibility index (Phi) is 4.34. The van der Waals surface area contributed by atoms with Crippen molar-refractivity contribution in [2.75, 3.05) is 11.5 Å². The minimum absolute atomic E-state index is 0.404. The molecule has 0 aromatic carbocycles. The van der Waals surface area contributed by atoms with Crippen LogP contribution >= 0.6 is 11.8 Å². The van der Waals surface area contributed by atoms with Crippen LogP contribution in [0.1, 0.15) is 38.0 Å². The minimum atomic E-state index is 0.404. The van der Waals surface area contributed by atoms with Gasteiger partial charge in [0.25, 0.3) is 0 Å². The van der Waals surface area contributed by atoms with Crippen LogP contribution in [-0.2, 0) is 16.9 Å². The molecule has 5 heteroatoms. The van der Waals surface area contributed by atoms with Crippen molar-refractivity contribution in [1.82, 2.24) is 5.16 Å². The number of hydrogen-bond acceptors (Lipinski definition) is 5. The first-order valence-corrected chi connectivity index (χ1v) is 7.32. The summed E-state index contributed by atoms with van der Waals surface area (Å²) in [6, 6.07) is 0. The van der Waals surface area contributed by atoms with E-state index in [0.29, 0.717) is 18.0 Å². The molecule has 0 aliphatic carbocycles. The van der Waals surface area contributed by atoms with Crippen molar-refractivity contribution in [2.45, 2.75) is 51.1 Å². The van der Waals surface area contributed by atoms with Crippen LogP contribution in [0.5, 0.6) is 0 Å². The third-order valence-electron chi connectivity index (χ3n) is 3.09. The summed E-state index contributed by atoms with van der Waals surface area (Å²) >= 11 is 1.85. The molecule has 1 saturated heterocycles. The molecule has 2 N–H and O–H groups in total. The molecule has 4 nitrogen and oxygen atoms in total. The van der Waals surface area contributed by atoms with Gasteiger partial charge in [-0.3, -0.25) is 0 Å². The lowest BCUT2D eigenvalue weighted by atomic mass is 10.2. The number of hydrogen-bond donors (Lipinski definition) is 1. The summed E-state index contributed by atoms with van der Waals surface area (Å²) < 4.78 is 10.9. The van der Waals surface area contributed by atoms with E-state index in [9.17, 15) is 0 Å². The number of aryl methyl sites for hydroxylation is 1. The average Bonchev–Trinajstić information content (AvgIpc) is 2.87. The zero-order chi connectivity index (χ0) is 12.3. The van der Waals surface area contributed by atoms with Gasteiger partial charge >= 0.3 is 0 Å². The van der Waals surface area contributed by atoms with Crippen LogP contribution in [0.4, 0.5) is 5.82 Å². The summed E-state index contributed by atoms with van der Waals surface area (Å²) in [5.41, 5.74) is 6.84. The van der Waals surface area contributed by atoms with E-state index in [0.717, 1.165) is 29.3 Å². The predicted molar refractivity (Wildman–Crippen MR) is 70.0 cm³/mol. The van der Waals surface area contributed by atoms with Crippen LogP contribution < -0.4 is 5.73 Å². The standard InChI is InChI=1S/C12H20N2O2S/c1-3-11-10(12(13)14-16-11)7-17-6-9-5-4-8(2)15-9/h8-9H,3-7H2,1-2H3,(H2,13,14). The van der Waals surface area contributed by atoms with E-state index in [1.807, 2.05) is 11.8 Å². The molecule has 17 heavy (non-hydrogen) atoms. The third-order valence-corrected chi connectivity index (χ3v) is 4.19. The number of anilines is 1. The van der Waals surface area contributed by atoms with Crippen LogP contribution in [0.25, 0.3) is 0 Å². The Balaban J connectivity index is 1.79. The highest BCUT2D eigenvalue weighted by Crippen LogP contribution is 2.27. The largest absolute Gasteiger partial charge is 0.381 e. The second-order valence-corrected chi connectivity index (χ2v) is 5.51. The van der Waals surface area contributed by atoms with Gasteiger partial charge in [0.05, 0.1) is 12.2 Å². The Bertz CT molecular complexity index is 367. The number of nitrogens with zero attached hydrogens (tertiary/aromatic N) is 1. The van der Waals surface area contributed by atoms with E-state index in [-0.39, 0.29) is 0 Å². The zero-order valence-electron chi connectivity index (χ0n) is 10.4.